The molecule has 1 fully saturated rings. The second kappa shape index (κ2) is 3.63. The van der Waals surface area contributed by atoms with E-state index in [0.29, 0.717) is 11.5 Å². The fourth-order valence-electron chi connectivity index (χ4n) is 2.15. The van der Waals surface area contributed by atoms with Crippen LogP contribution in [-0.4, -0.2) is 20.6 Å². The van der Waals surface area contributed by atoms with E-state index in [4.69, 9.17) is 5.73 Å². The average molecular weight is 251 g/mol. The molecule has 1 aromatic heterocycles. The van der Waals surface area contributed by atoms with Crippen molar-refractivity contribution in [2.75, 3.05) is 12.0 Å². The standard InChI is InChI=1S/C12H14FN3S/c1-17-12(5-6-12)7-16-9-4-2-3-8(13)10(9)15-11(16)14/h2-4H,5-7H2,1H3,(H2,14,15). The Kier molecular flexibility index (Phi) is 2.33. The summed E-state index contributed by atoms with van der Waals surface area (Å²) >= 11 is 1.86. The Morgan fingerprint density at radius 2 is 2.29 bits per heavy atom. The number of fused-ring (bicyclic) bond motifs is 1. The van der Waals surface area contributed by atoms with Gasteiger partial charge in [0.15, 0.2) is 5.82 Å². The summed E-state index contributed by atoms with van der Waals surface area (Å²) in [5.74, 6) is 0.104. The highest BCUT2D eigenvalue weighted by molar-refractivity contribution is 8.00. The van der Waals surface area contributed by atoms with Gasteiger partial charge in [-0.25, -0.2) is 9.37 Å². The van der Waals surface area contributed by atoms with Gasteiger partial charge in [-0.3, -0.25) is 0 Å². The van der Waals surface area contributed by atoms with Crippen molar-refractivity contribution in [1.82, 2.24) is 9.55 Å². The smallest absolute Gasteiger partial charge is 0.201 e. The minimum Gasteiger partial charge on any atom is -0.369 e. The normalized spacial score (nSPS) is 17.5. The molecule has 0 amide bonds. The number of anilines is 1. The number of nitrogens with zero attached hydrogens (tertiary/aromatic N) is 2. The van der Waals surface area contributed by atoms with Crippen LogP contribution in [0.1, 0.15) is 12.8 Å². The summed E-state index contributed by atoms with van der Waals surface area (Å²) < 4.78 is 15.8. The van der Waals surface area contributed by atoms with Gasteiger partial charge in [-0.1, -0.05) is 6.07 Å². The lowest BCUT2D eigenvalue weighted by atomic mass is 10.3. The number of nitrogens with two attached hydrogens (primary N) is 1. The Balaban J connectivity index is 2.09. The number of aromatic nitrogens is 2. The Hall–Kier alpha value is -1.23. The van der Waals surface area contributed by atoms with Crippen LogP contribution in [0.3, 0.4) is 0 Å². The summed E-state index contributed by atoms with van der Waals surface area (Å²) in [5.41, 5.74) is 7.06. The van der Waals surface area contributed by atoms with E-state index in [9.17, 15) is 4.39 Å². The van der Waals surface area contributed by atoms with Gasteiger partial charge in [0.1, 0.15) is 5.52 Å². The lowest BCUT2D eigenvalue weighted by Gasteiger charge is -2.14. The van der Waals surface area contributed by atoms with Crippen LogP contribution in [0.25, 0.3) is 11.0 Å². The molecule has 0 radical (unpaired) electrons. The van der Waals surface area contributed by atoms with Gasteiger partial charge in [0.05, 0.1) is 5.52 Å². The van der Waals surface area contributed by atoms with Crippen LogP contribution in [-0.2, 0) is 6.54 Å². The first kappa shape index (κ1) is 10.9. The third-order valence-corrected chi connectivity index (χ3v) is 4.85. The number of benzene rings is 1. The molecule has 0 saturated heterocycles. The van der Waals surface area contributed by atoms with Crippen LogP contribution < -0.4 is 5.73 Å². The summed E-state index contributed by atoms with van der Waals surface area (Å²) in [6.07, 6.45) is 4.51. The molecule has 3 rings (SSSR count). The van der Waals surface area contributed by atoms with Crippen LogP contribution in [0.5, 0.6) is 0 Å². The molecule has 90 valence electrons. The second-order valence-corrected chi connectivity index (χ2v) is 5.83. The number of halogens is 1. The molecule has 1 saturated carbocycles. The summed E-state index contributed by atoms with van der Waals surface area (Å²) in [6.45, 7) is 0.819. The van der Waals surface area contributed by atoms with Crippen molar-refractivity contribution in [1.29, 1.82) is 0 Å². The largest absolute Gasteiger partial charge is 0.369 e. The first-order chi connectivity index (χ1) is 8.15. The van der Waals surface area contributed by atoms with E-state index < -0.39 is 0 Å². The van der Waals surface area contributed by atoms with Crippen molar-refractivity contribution in [3.63, 3.8) is 0 Å². The number of hydrogen-bond donors (Lipinski definition) is 1. The summed E-state index contributed by atoms with van der Waals surface area (Å²) in [6, 6.07) is 4.99. The van der Waals surface area contributed by atoms with E-state index in [1.54, 1.807) is 6.07 Å². The van der Waals surface area contributed by atoms with Crippen molar-refractivity contribution >= 4 is 28.7 Å². The van der Waals surface area contributed by atoms with Gasteiger partial charge in [0.2, 0.25) is 5.95 Å². The van der Waals surface area contributed by atoms with Gasteiger partial charge in [-0.05, 0) is 31.2 Å². The highest BCUT2D eigenvalue weighted by atomic mass is 32.2. The molecule has 2 N–H and O–H groups in total. The van der Waals surface area contributed by atoms with Crippen molar-refractivity contribution < 1.29 is 4.39 Å². The topological polar surface area (TPSA) is 43.8 Å². The van der Waals surface area contributed by atoms with Crippen molar-refractivity contribution in [2.24, 2.45) is 0 Å². The highest BCUT2D eigenvalue weighted by Gasteiger charge is 2.42. The zero-order valence-electron chi connectivity index (χ0n) is 9.61. The number of rotatable bonds is 3. The molecule has 3 nitrogen and oxygen atoms in total. The van der Waals surface area contributed by atoms with Gasteiger partial charge in [0, 0.05) is 11.3 Å². The lowest BCUT2D eigenvalue weighted by molar-refractivity contribution is 0.637. The molecule has 0 atom stereocenters. The Bertz CT molecular complexity index is 574. The summed E-state index contributed by atoms with van der Waals surface area (Å²) in [4.78, 5) is 4.12. The number of hydrogen-bond acceptors (Lipinski definition) is 3. The molecule has 1 heterocycles. The molecule has 1 aliphatic carbocycles. The van der Waals surface area contributed by atoms with E-state index in [1.165, 1.54) is 18.9 Å². The Morgan fingerprint density at radius 1 is 1.53 bits per heavy atom. The monoisotopic (exact) mass is 251 g/mol. The molecule has 0 bridgehead atoms. The highest BCUT2D eigenvalue weighted by Crippen LogP contribution is 2.49. The number of para-hydroxylation sites is 1. The first-order valence-electron chi connectivity index (χ1n) is 5.61. The molecule has 0 aliphatic heterocycles. The molecule has 17 heavy (non-hydrogen) atoms. The van der Waals surface area contributed by atoms with Gasteiger partial charge in [-0.2, -0.15) is 11.8 Å². The third-order valence-electron chi connectivity index (χ3n) is 3.45. The third kappa shape index (κ3) is 1.69. The van der Waals surface area contributed by atoms with Crippen molar-refractivity contribution in [3.8, 4) is 0 Å². The molecule has 5 heteroatoms. The predicted octanol–water partition coefficient (Wildman–Crippen LogP) is 2.65. The number of imidazole rings is 1. The van der Waals surface area contributed by atoms with E-state index in [2.05, 4.69) is 11.2 Å². The van der Waals surface area contributed by atoms with Gasteiger partial charge in [-0.15, -0.1) is 0 Å². The van der Waals surface area contributed by atoms with Crippen LogP contribution in [0.15, 0.2) is 18.2 Å². The van der Waals surface area contributed by atoms with Crippen LogP contribution >= 0.6 is 11.8 Å². The SMILES string of the molecule is CSC1(Cn2c(N)nc3c(F)cccc32)CC1. The maximum atomic E-state index is 13.6. The predicted molar refractivity (Wildman–Crippen MR) is 69.6 cm³/mol. The molecular weight excluding hydrogens is 237 g/mol. The average Bonchev–Trinajstić information content (AvgIpc) is 3.02. The number of nitrogen functional groups attached to an aromatic ring is 1. The van der Waals surface area contributed by atoms with Crippen molar-refractivity contribution in [2.45, 2.75) is 24.1 Å². The number of thioether (sulfide) groups is 1. The van der Waals surface area contributed by atoms with Gasteiger partial charge in [0.25, 0.3) is 0 Å². The lowest BCUT2D eigenvalue weighted by Crippen LogP contribution is -2.15. The molecule has 1 aromatic carbocycles. The molecule has 2 aromatic rings. The quantitative estimate of drug-likeness (QED) is 0.912. The van der Waals surface area contributed by atoms with Crippen LogP contribution in [0, 0.1) is 5.82 Å². The fraction of sp³-hybridized carbons (Fsp3) is 0.417. The minimum atomic E-state index is -0.304. The maximum Gasteiger partial charge on any atom is 0.201 e. The second-order valence-electron chi connectivity index (χ2n) is 4.55. The van der Waals surface area contributed by atoms with Crippen molar-refractivity contribution in [3.05, 3.63) is 24.0 Å². The van der Waals surface area contributed by atoms with E-state index in [0.717, 1.165) is 12.1 Å². The summed E-state index contributed by atoms with van der Waals surface area (Å²) in [5, 5.41) is 0. The summed E-state index contributed by atoms with van der Waals surface area (Å²) in [7, 11) is 0. The molecule has 1 aliphatic rings. The van der Waals surface area contributed by atoms with Crippen LogP contribution in [0.2, 0.25) is 0 Å². The zero-order valence-corrected chi connectivity index (χ0v) is 10.4. The van der Waals surface area contributed by atoms with Gasteiger partial charge < -0.3 is 10.3 Å². The molecular formula is C12H14FN3S. The van der Waals surface area contributed by atoms with Gasteiger partial charge >= 0.3 is 0 Å². The zero-order chi connectivity index (χ0) is 12.0. The minimum absolute atomic E-state index is 0.286. The maximum absolute atomic E-state index is 13.6. The van der Waals surface area contributed by atoms with E-state index >= 15 is 0 Å². The fourth-order valence-corrected chi connectivity index (χ4v) is 2.92. The van der Waals surface area contributed by atoms with Crippen LogP contribution in [0.4, 0.5) is 10.3 Å². The Labute approximate surface area is 103 Å². The molecule has 0 unspecified atom stereocenters. The molecule has 0 spiro atoms. The first-order valence-corrected chi connectivity index (χ1v) is 6.83. The Morgan fingerprint density at radius 3 is 2.94 bits per heavy atom. The van der Waals surface area contributed by atoms with E-state index in [1.807, 2.05) is 22.4 Å². The van der Waals surface area contributed by atoms with E-state index in [-0.39, 0.29) is 10.6 Å².